The van der Waals surface area contributed by atoms with Gasteiger partial charge in [-0.2, -0.15) is 0 Å². The molecule has 0 atom stereocenters. The van der Waals surface area contributed by atoms with E-state index in [2.05, 4.69) is 15.6 Å². The lowest BCUT2D eigenvalue weighted by atomic mass is 10.3. The lowest BCUT2D eigenvalue weighted by Gasteiger charge is -2.10. The van der Waals surface area contributed by atoms with Crippen molar-refractivity contribution in [1.29, 1.82) is 0 Å². The van der Waals surface area contributed by atoms with Gasteiger partial charge in [-0.05, 0) is 18.6 Å². The Morgan fingerprint density at radius 1 is 1.25 bits per heavy atom. The van der Waals surface area contributed by atoms with E-state index >= 15 is 0 Å². The van der Waals surface area contributed by atoms with E-state index in [1.54, 1.807) is 32.8 Å². The molecule has 2 rings (SSSR count). The second-order valence-corrected chi connectivity index (χ2v) is 5.69. The van der Waals surface area contributed by atoms with Crippen LogP contribution >= 0.6 is 11.3 Å². The molecule has 1 amide bonds. The quantitative estimate of drug-likeness (QED) is 0.676. The molecule has 0 bridgehead atoms. The van der Waals surface area contributed by atoms with E-state index in [4.69, 9.17) is 14.2 Å². The maximum atomic E-state index is 12.0. The number of amides is 1. The van der Waals surface area contributed by atoms with E-state index < -0.39 is 0 Å². The van der Waals surface area contributed by atoms with Crippen molar-refractivity contribution >= 4 is 28.1 Å². The summed E-state index contributed by atoms with van der Waals surface area (Å²) in [6.07, 6.45) is 0.764. The van der Waals surface area contributed by atoms with E-state index in [0.717, 1.165) is 12.1 Å². The van der Waals surface area contributed by atoms with Crippen molar-refractivity contribution < 1.29 is 19.0 Å². The molecule has 130 valence electrons. The number of hydrogen-bond donors (Lipinski definition) is 2. The van der Waals surface area contributed by atoms with Crippen LogP contribution in [-0.2, 0) is 4.74 Å². The second-order valence-electron chi connectivity index (χ2n) is 4.83. The SMILES string of the molecule is COCCCNC(=O)c1csc(Nc2ccc(OC)cc2OC)n1. The number of thiazole rings is 1. The lowest BCUT2D eigenvalue weighted by molar-refractivity contribution is 0.0944. The van der Waals surface area contributed by atoms with Gasteiger partial charge >= 0.3 is 0 Å². The summed E-state index contributed by atoms with van der Waals surface area (Å²) in [6.45, 7) is 1.17. The van der Waals surface area contributed by atoms with Crippen LogP contribution in [0.3, 0.4) is 0 Å². The molecule has 7 nitrogen and oxygen atoms in total. The summed E-state index contributed by atoms with van der Waals surface area (Å²) >= 11 is 1.35. The van der Waals surface area contributed by atoms with Crippen LogP contribution in [0.5, 0.6) is 11.5 Å². The molecule has 0 fully saturated rings. The Hall–Kier alpha value is -2.32. The molecule has 0 aliphatic heterocycles. The number of ether oxygens (including phenoxy) is 3. The van der Waals surface area contributed by atoms with E-state index in [1.807, 2.05) is 12.1 Å². The zero-order valence-corrected chi connectivity index (χ0v) is 14.7. The number of nitrogens with one attached hydrogen (secondary N) is 2. The summed E-state index contributed by atoms with van der Waals surface area (Å²) in [5.74, 6) is 1.14. The highest BCUT2D eigenvalue weighted by molar-refractivity contribution is 7.14. The van der Waals surface area contributed by atoms with Crippen molar-refractivity contribution in [3.63, 3.8) is 0 Å². The average Bonchev–Trinajstić information content (AvgIpc) is 3.07. The van der Waals surface area contributed by atoms with Gasteiger partial charge in [-0.15, -0.1) is 11.3 Å². The standard InChI is InChI=1S/C16H21N3O4S/c1-21-8-4-7-17-15(20)13-10-24-16(19-13)18-12-6-5-11(22-2)9-14(12)23-3/h5-6,9-10H,4,7-8H2,1-3H3,(H,17,20)(H,18,19). The number of aromatic nitrogens is 1. The molecular weight excluding hydrogens is 330 g/mol. The molecule has 2 aromatic rings. The fraction of sp³-hybridized carbons (Fsp3) is 0.375. The molecule has 1 heterocycles. The van der Waals surface area contributed by atoms with Gasteiger partial charge in [-0.3, -0.25) is 4.79 Å². The Kier molecular flexibility index (Phi) is 6.83. The third kappa shape index (κ3) is 4.84. The third-order valence-electron chi connectivity index (χ3n) is 3.20. The Morgan fingerprint density at radius 2 is 2.08 bits per heavy atom. The van der Waals surface area contributed by atoms with Crippen LogP contribution in [0.2, 0.25) is 0 Å². The van der Waals surface area contributed by atoms with Crippen molar-refractivity contribution in [1.82, 2.24) is 10.3 Å². The van der Waals surface area contributed by atoms with Crippen LogP contribution in [0, 0.1) is 0 Å². The number of carbonyl (C=O) groups excluding carboxylic acids is 1. The molecule has 8 heteroatoms. The molecule has 0 saturated heterocycles. The van der Waals surface area contributed by atoms with E-state index in [-0.39, 0.29) is 5.91 Å². The zero-order chi connectivity index (χ0) is 17.4. The molecular formula is C16H21N3O4S. The number of nitrogens with zero attached hydrogens (tertiary/aromatic N) is 1. The number of methoxy groups -OCH3 is 3. The smallest absolute Gasteiger partial charge is 0.270 e. The fourth-order valence-electron chi connectivity index (χ4n) is 1.96. The largest absolute Gasteiger partial charge is 0.497 e. The highest BCUT2D eigenvalue weighted by Crippen LogP contribution is 2.32. The summed E-state index contributed by atoms with van der Waals surface area (Å²) in [6, 6.07) is 5.44. The maximum Gasteiger partial charge on any atom is 0.270 e. The number of hydrogen-bond acceptors (Lipinski definition) is 7. The van der Waals surface area contributed by atoms with E-state index in [9.17, 15) is 4.79 Å². The number of anilines is 2. The topological polar surface area (TPSA) is 81.7 Å². The molecule has 1 aromatic heterocycles. The van der Waals surface area contributed by atoms with E-state index in [1.165, 1.54) is 11.3 Å². The lowest BCUT2D eigenvalue weighted by Crippen LogP contribution is -2.25. The highest BCUT2D eigenvalue weighted by atomic mass is 32.1. The van der Waals surface area contributed by atoms with E-state index in [0.29, 0.717) is 35.5 Å². The van der Waals surface area contributed by atoms with Crippen molar-refractivity contribution in [2.75, 3.05) is 39.8 Å². The van der Waals surface area contributed by atoms with Gasteiger partial charge in [-0.25, -0.2) is 4.98 Å². The predicted octanol–water partition coefficient (Wildman–Crippen LogP) is 2.67. The van der Waals surface area contributed by atoms with Crippen LogP contribution in [0.25, 0.3) is 0 Å². The van der Waals surface area contributed by atoms with Gasteiger partial charge in [0.1, 0.15) is 17.2 Å². The summed E-state index contributed by atoms with van der Waals surface area (Å²) in [5, 5.41) is 8.28. The minimum atomic E-state index is -0.197. The summed E-state index contributed by atoms with van der Waals surface area (Å²) in [5.41, 5.74) is 1.13. The maximum absolute atomic E-state index is 12.0. The van der Waals surface area contributed by atoms with Gasteiger partial charge in [0.15, 0.2) is 5.13 Å². The van der Waals surface area contributed by atoms with Crippen LogP contribution in [0.4, 0.5) is 10.8 Å². The average molecular weight is 351 g/mol. The molecule has 0 spiro atoms. The molecule has 0 aliphatic rings. The Bertz CT molecular complexity index is 675. The predicted molar refractivity (Wildman–Crippen MR) is 93.8 cm³/mol. The molecule has 24 heavy (non-hydrogen) atoms. The van der Waals surface area contributed by atoms with Crippen molar-refractivity contribution in [3.05, 3.63) is 29.3 Å². The van der Waals surface area contributed by atoms with Gasteiger partial charge in [0.25, 0.3) is 5.91 Å². The Labute approximate surface area is 145 Å². The summed E-state index contributed by atoms with van der Waals surface area (Å²) in [7, 11) is 4.81. The molecule has 0 unspecified atom stereocenters. The van der Waals surface area contributed by atoms with Gasteiger partial charge < -0.3 is 24.8 Å². The number of carbonyl (C=O) groups is 1. The highest BCUT2D eigenvalue weighted by Gasteiger charge is 2.12. The van der Waals surface area contributed by atoms with Crippen LogP contribution < -0.4 is 20.1 Å². The molecule has 0 radical (unpaired) electrons. The minimum absolute atomic E-state index is 0.197. The van der Waals surface area contributed by atoms with Crippen LogP contribution in [0.1, 0.15) is 16.9 Å². The van der Waals surface area contributed by atoms with Crippen molar-refractivity contribution in [2.45, 2.75) is 6.42 Å². The first-order valence-corrected chi connectivity index (χ1v) is 8.27. The Morgan fingerprint density at radius 3 is 2.79 bits per heavy atom. The monoisotopic (exact) mass is 351 g/mol. The minimum Gasteiger partial charge on any atom is -0.497 e. The molecule has 0 saturated carbocycles. The summed E-state index contributed by atoms with van der Waals surface area (Å²) in [4.78, 5) is 16.3. The van der Waals surface area contributed by atoms with Crippen molar-refractivity contribution in [3.8, 4) is 11.5 Å². The van der Waals surface area contributed by atoms with Crippen molar-refractivity contribution in [2.24, 2.45) is 0 Å². The third-order valence-corrected chi connectivity index (χ3v) is 3.96. The number of benzene rings is 1. The first-order chi connectivity index (χ1) is 11.7. The second kappa shape index (κ2) is 9.09. The molecule has 0 aliphatic carbocycles. The Balaban J connectivity index is 1.99. The fourth-order valence-corrected chi connectivity index (χ4v) is 2.66. The molecule has 2 N–H and O–H groups in total. The van der Waals surface area contributed by atoms with Crippen LogP contribution in [-0.4, -0.2) is 45.4 Å². The van der Waals surface area contributed by atoms with Gasteiger partial charge in [0.2, 0.25) is 0 Å². The van der Waals surface area contributed by atoms with Gasteiger partial charge in [0, 0.05) is 31.7 Å². The molecule has 1 aromatic carbocycles. The summed E-state index contributed by atoms with van der Waals surface area (Å²) < 4.78 is 15.4. The number of rotatable bonds is 9. The van der Waals surface area contributed by atoms with Crippen LogP contribution in [0.15, 0.2) is 23.6 Å². The zero-order valence-electron chi connectivity index (χ0n) is 13.9. The first-order valence-electron chi connectivity index (χ1n) is 7.39. The first kappa shape index (κ1) is 18.0. The van der Waals surface area contributed by atoms with Gasteiger partial charge in [0.05, 0.1) is 19.9 Å². The van der Waals surface area contributed by atoms with Gasteiger partial charge in [-0.1, -0.05) is 0 Å². The normalized spacial score (nSPS) is 10.3.